The predicted molar refractivity (Wildman–Crippen MR) is 131 cm³/mol. The zero-order valence-electron chi connectivity index (χ0n) is 19.0. The van der Waals surface area contributed by atoms with E-state index >= 15 is 0 Å². The highest BCUT2D eigenvalue weighted by Crippen LogP contribution is 2.36. The van der Waals surface area contributed by atoms with Crippen LogP contribution >= 0.6 is 0 Å². The van der Waals surface area contributed by atoms with Gasteiger partial charge in [-0.2, -0.15) is 5.10 Å². The molecule has 2 aliphatic rings. The fraction of sp³-hybridized carbons (Fsp3) is 0.296. The summed E-state index contributed by atoms with van der Waals surface area (Å²) in [5, 5.41) is 5.54. The van der Waals surface area contributed by atoms with E-state index in [9.17, 15) is 4.79 Å². The van der Waals surface area contributed by atoms with Crippen molar-refractivity contribution in [2.45, 2.75) is 26.2 Å². The Kier molecular flexibility index (Phi) is 4.59. The van der Waals surface area contributed by atoms with Crippen LogP contribution in [0, 0.1) is 5.41 Å². The molecule has 0 aromatic carbocycles. The molecule has 1 fully saturated rings. The van der Waals surface area contributed by atoms with Crippen molar-refractivity contribution >= 4 is 27.9 Å². The van der Waals surface area contributed by atoms with Crippen molar-refractivity contribution in [2.75, 3.05) is 20.1 Å². The molecule has 6 nitrogen and oxygen atoms in total. The van der Waals surface area contributed by atoms with Crippen molar-refractivity contribution in [2.24, 2.45) is 5.41 Å². The SMILES string of the molecule is CN1CCC(C)(C(=O)c2cnn3ccc(-c4c[nH]c5nc(C6=CCC=C6)ccc45)cc23)CC1. The number of hydrogen-bond acceptors (Lipinski definition) is 4. The summed E-state index contributed by atoms with van der Waals surface area (Å²) in [7, 11) is 2.12. The molecule has 6 rings (SSSR count). The molecule has 0 unspecified atom stereocenters. The highest BCUT2D eigenvalue weighted by atomic mass is 16.1. The molecular weight excluding hydrogens is 410 g/mol. The summed E-state index contributed by atoms with van der Waals surface area (Å²) >= 11 is 0. The zero-order chi connectivity index (χ0) is 22.6. The lowest BCUT2D eigenvalue weighted by Gasteiger charge is -2.36. The van der Waals surface area contributed by atoms with Crippen LogP contribution < -0.4 is 0 Å². The first-order chi connectivity index (χ1) is 16.0. The molecule has 1 saturated heterocycles. The maximum absolute atomic E-state index is 13.6. The lowest BCUT2D eigenvalue weighted by molar-refractivity contribution is 0.0680. The number of nitrogens with one attached hydrogen (secondary N) is 1. The number of rotatable bonds is 4. The van der Waals surface area contributed by atoms with Gasteiger partial charge in [-0.1, -0.05) is 25.2 Å². The van der Waals surface area contributed by atoms with Gasteiger partial charge in [0, 0.05) is 28.8 Å². The van der Waals surface area contributed by atoms with Crippen molar-refractivity contribution in [3.05, 3.63) is 72.3 Å². The normalized spacial score (nSPS) is 18.3. The van der Waals surface area contributed by atoms with Gasteiger partial charge in [0.05, 0.1) is 23.0 Å². The van der Waals surface area contributed by atoms with Crippen LogP contribution in [0.2, 0.25) is 0 Å². The number of aromatic amines is 1. The number of aromatic nitrogens is 4. The van der Waals surface area contributed by atoms with Gasteiger partial charge < -0.3 is 9.88 Å². The first-order valence-corrected chi connectivity index (χ1v) is 11.6. The second-order valence-electron chi connectivity index (χ2n) is 9.59. The largest absolute Gasteiger partial charge is 0.345 e. The fourth-order valence-electron chi connectivity index (χ4n) is 5.04. The number of allylic oxidation sites excluding steroid dienone is 4. The smallest absolute Gasteiger partial charge is 0.172 e. The van der Waals surface area contributed by atoms with Gasteiger partial charge in [0.15, 0.2) is 5.78 Å². The molecule has 1 N–H and O–H groups in total. The number of likely N-dealkylation sites (tertiary alicyclic amines) is 1. The lowest BCUT2D eigenvalue weighted by Crippen LogP contribution is -2.41. The molecule has 0 saturated carbocycles. The van der Waals surface area contributed by atoms with Gasteiger partial charge in [0.25, 0.3) is 0 Å². The Hall–Kier alpha value is -3.51. The minimum absolute atomic E-state index is 0.200. The number of carbonyl (C=O) groups is 1. The van der Waals surface area contributed by atoms with Crippen LogP contribution in [0.3, 0.4) is 0 Å². The minimum atomic E-state index is -0.337. The molecule has 6 heteroatoms. The Morgan fingerprint density at radius 3 is 2.82 bits per heavy atom. The monoisotopic (exact) mass is 437 g/mol. The number of ketones is 1. The van der Waals surface area contributed by atoms with Crippen LogP contribution in [0.15, 0.2) is 61.1 Å². The van der Waals surface area contributed by atoms with Gasteiger partial charge in [0.2, 0.25) is 0 Å². The molecule has 0 atom stereocenters. The third-order valence-electron chi connectivity index (χ3n) is 7.32. The van der Waals surface area contributed by atoms with E-state index in [2.05, 4.69) is 65.4 Å². The second kappa shape index (κ2) is 7.52. The number of H-pyrrole nitrogens is 1. The maximum Gasteiger partial charge on any atom is 0.172 e. The number of piperidine rings is 1. The van der Waals surface area contributed by atoms with Crippen molar-refractivity contribution in [3.63, 3.8) is 0 Å². The summed E-state index contributed by atoms with van der Waals surface area (Å²) in [6.45, 7) is 4.00. The molecule has 33 heavy (non-hydrogen) atoms. The number of pyridine rings is 2. The van der Waals surface area contributed by atoms with Crippen LogP contribution in [0.1, 0.15) is 42.2 Å². The van der Waals surface area contributed by atoms with Gasteiger partial charge >= 0.3 is 0 Å². The van der Waals surface area contributed by atoms with E-state index in [1.165, 1.54) is 5.57 Å². The lowest BCUT2D eigenvalue weighted by atomic mass is 9.75. The molecule has 166 valence electrons. The van der Waals surface area contributed by atoms with Crippen molar-refractivity contribution in [1.29, 1.82) is 0 Å². The summed E-state index contributed by atoms with van der Waals surface area (Å²) in [6.07, 6.45) is 14.8. The molecular formula is C27H27N5O. The minimum Gasteiger partial charge on any atom is -0.345 e. The van der Waals surface area contributed by atoms with E-state index in [1.807, 2.05) is 18.5 Å². The molecule has 5 heterocycles. The Labute approximate surface area is 192 Å². The molecule has 0 radical (unpaired) electrons. The van der Waals surface area contributed by atoms with E-state index in [0.29, 0.717) is 5.56 Å². The predicted octanol–water partition coefficient (Wildman–Crippen LogP) is 5.14. The van der Waals surface area contributed by atoms with Crippen LogP contribution in [0.4, 0.5) is 0 Å². The van der Waals surface area contributed by atoms with Crippen molar-refractivity contribution < 1.29 is 4.79 Å². The molecule has 0 amide bonds. The highest BCUT2D eigenvalue weighted by molar-refractivity contribution is 6.06. The Morgan fingerprint density at radius 2 is 2.03 bits per heavy atom. The fourth-order valence-corrected chi connectivity index (χ4v) is 5.04. The second-order valence-corrected chi connectivity index (χ2v) is 9.59. The van der Waals surface area contributed by atoms with E-state index in [4.69, 9.17) is 4.98 Å². The number of hydrogen-bond donors (Lipinski definition) is 1. The summed E-state index contributed by atoms with van der Waals surface area (Å²) < 4.78 is 1.80. The number of Topliss-reactive ketones (excluding diaryl/α,β-unsaturated/α-hetero) is 1. The molecule has 4 aromatic rings. The van der Waals surface area contributed by atoms with Gasteiger partial charge in [-0.15, -0.1) is 0 Å². The molecule has 1 aliphatic heterocycles. The topological polar surface area (TPSA) is 66.3 Å². The quantitative estimate of drug-likeness (QED) is 0.449. The third kappa shape index (κ3) is 3.33. The zero-order valence-corrected chi connectivity index (χ0v) is 19.0. The van der Waals surface area contributed by atoms with E-state index in [-0.39, 0.29) is 11.2 Å². The van der Waals surface area contributed by atoms with Gasteiger partial charge in [0.1, 0.15) is 5.65 Å². The standard InChI is InChI=1S/C27H27N5O/c1-27(10-13-31(2)14-11-27)25(33)22-17-29-32-12-9-19(15-24(22)32)21-16-28-26-20(21)7-8-23(30-26)18-5-3-4-6-18/h3,5-9,12,15-17H,4,10-11,13-14H2,1-2H3,(H,28,30). The first kappa shape index (κ1) is 20.1. The Morgan fingerprint density at radius 1 is 1.18 bits per heavy atom. The average molecular weight is 438 g/mol. The summed E-state index contributed by atoms with van der Waals surface area (Å²) in [6, 6.07) is 8.33. The maximum atomic E-state index is 13.6. The van der Waals surface area contributed by atoms with Gasteiger partial charge in [-0.25, -0.2) is 9.50 Å². The number of nitrogens with zero attached hydrogens (tertiary/aromatic N) is 4. The van der Waals surface area contributed by atoms with Crippen LogP contribution in [-0.4, -0.2) is 50.4 Å². The van der Waals surface area contributed by atoms with E-state index < -0.39 is 0 Å². The van der Waals surface area contributed by atoms with E-state index in [1.54, 1.807) is 10.7 Å². The Balaban J connectivity index is 1.39. The van der Waals surface area contributed by atoms with Gasteiger partial charge in [-0.3, -0.25) is 4.79 Å². The summed E-state index contributed by atoms with van der Waals surface area (Å²) in [5.41, 5.74) is 6.37. The van der Waals surface area contributed by atoms with Crippen molar-refractivity contribution in [3.8, 4) is 11.1 Å². The molecule has 1 aliphatic carbocycles. The molecule has 0 spiro atoms. The third-order valence-corrected chi connectivity index (χ3v) is 7.32. The first-order valence-electron chi connectivity index (χ1n) is 11.6. The summed E-state index contributed by atoms with van der Waals surface area (Å²) in [4.78, 5) is 24.0. The van der Waals surface area contributed by atoms with Crippen molar-refractivity contribution in [1.82, 2.24) is 24.5 Å². The average Bonchev–Trinajstić information content (AvgIpc) is 3.59. The number of carbonyl (C=O) groups excluding carboxylic acids is 1. The molecule has 4 aromatic heterocycles. The van der Waals surface area contributed by atoms with Crippen LogP contribution in [-0.2, 0) is 0 Å². The van der Waals surface area contributed by atoms with Crippen LogP contribution in [0.5, 0.6) is 0 Å². The molecule has 0 bridgehead atoms. The van der Waals surface area contributed by atoms with Crippen LogP contribution in [0.25, 0.3) is 33.3 Å². The van der Waals surface area contributed by atoms with E-state index in [0.717, 1.165) is 65.7 Å². The van der Waals surface area contributed by atoms with Gasteiger partial charge in [-0.05, 0) is 74.8 Å². The number of fused-ring (bicyclic) bond motifs is 2. The highest BCUT2D eigenvalue weighted by Gasteiger charge is 2.37. The Bertz CT molecular complexity index is 1450. The summed E-state index contributed by atoms with van der Waals surface area (Å²) in [5.74, 6) is 0.200.